The summed E-state index contributed by atoms with van der Waals surface area (Å²) in [5.41, 5.74) is 1.04. The minimum atomic E-state index is -1.07. The predicted molar refractivity (Wildman–Crippen MR) is 71.0 cm³/mol. The van der Waals surface area contributed by atoms with Crippen molar-refractivity contribution in [2.24, 2.45) is 0 Å². The maximum absolute atomic E-state index is 11.7. The summed E-state index contributed by atoms with van der Waals surface area (Å²) in [6.45, 7) is 0.446. The van der Waals surface area contributed by atoms with Crippen LogP contribution < -0.4 is 5.32 Å². The van der Waals surface area contributed by atoms with Gasteiger partial charge in [-0.15, -0.1) is 0 Å². The SMILES string of the molecule is CN(CCc1ccncc1)C(=O)NC(=O)CCC(=O)O. The summed E-state index contributed by atoms with van der Waals surface area (Å²) in [7, 11) is 1.57. The number of carbonyl (C=O) groups is 3. The number of imide groups is 1. The van der Waals surface area contributed by atoms with Crippen molar-refractivity contribution in [2.75, 3.05) is 13.6 Å². The number of aromatic nitrogens is 1. The van der Waals surface area contributed by atoms with Gasteiger partial charge in [0, 0.05) is 32.4 Å². The van der Waals surface area contributed by atoms with E-state index in [2.05, 4.69) is 10.3 Å². The molecular formula is C13H17N3O4. The normalized spacial score (nSPS) is 9.85. The third-order valence-corrected chi connectivity index (χ3v) is 2.64. The summed E-state index contributed by atoms with van der Waals surface area (Å²) in [6, 6.07) is 3.17. The Hall–Kier alpha value is -2.44. The summed E-state index contributed by atoms with van der Waals surface area (Å²) in [6.07, 6.45) is 3.49. The van der Waals surface area contributed by atoms with Crippen LogP contribution in [0.3, 0.4) is 0 Å². The Bertz CT molecular complexity index is 476. The molecule has 1 aromatic rings. The highest BCUT2D eigenvalue weighted by Gasteiger charge is 2.13. The number of nitrogens with one attached hydrogen (secondary N) is 1. The van der Waals surface area contributed by atoms with Crippen LogP contribution in [0.1, 0.15) is 18.4 Å². The molecule has 1 rings (SSSR count). The fourth-order valence-electron chi connectivity index (χ4n) is 1.45. The number of urea groups is 1. The molecule has 7 heteroatoms. The van der Waals surface area contributed by atoms with Crippen LogP contribution in [-0.2, 0) is 16.0 Å². The zero-order valence-electron chi connectivity index (χ0n) is 11.2. The van der Waals surface area contributed by atoms with E-state index in [0.717, 1.165) is 5.56 Å². The zero-order valence-corrected chi connectivity index (χ0v) is 11.2. The van der Waals surface area contributed by atoms with E-state index in [0.29, 0.717) is 13.0 Å². The maximum atomic E-state index is 11.7. The number of rotatable bonds is 6. The first-order chi connectivity index (χ1) is 9.49. The van der Waals surface area contributed by atoms with Gasteiger partial charge in [-0.05, 0) is 24.1 Å². The van der Waals surface area contributed by atoms with Gasteiger partial charge >= 0.3 is 12.0 Å². The lowest BCUT2D eigenvalue weighted by Crippen LogP contribution is -2.41. The van der Waals surface area contributed by atoms with E-state index in [1.165, 1.54) is 4.90 Å². The molecule has 0 spiro atoms. The van der Waals surface area contributed by atoms with Gasteiger partial charge in [0.05, 0.1) is 6.42 Å². The van der Waals surface area contributed by atoms with E-state index < -0.39 is 17.9 Å². The van der Waals surface area contributed by atoms with Crippen molar-refractivity contribution in [2.45, 2.75) is 19.3 Å². The van der Waals surface area contributed by atoms with E-state index in [4.69, 9.17) is 5.11 Å². The molecule has 0 aliphatic rings. The van der Waals surface area contributed by atoms with E-state index >= 15 is 0 Å². The summed E-state index contributed by atoms with van der Waals surface area (Å²) in [5.74, 6) is -1.66. The summed E-state index contributed by atoms with van der Waals surface area (Å²) >= 11 is 0. The van der Waals surface area contributed by atoms with E-state index in [-0.39, 0.29) is 12.8 Å². The number of amides is 3. The Labute approximate surface area is 116 Å². The Morgan fingerprint density at radius 2 is 1.90 bits per heavy atom. The molecule has 0 atom stereocenters. The molecule has 3 amide bonds. The lowest BCUT2D eigenvalue weighted by molar-refractivity contribution is -0.138. The van der Waals surface area contributed by atoms with Crippen molar-refractivity contribution in [1.82, 2.24) is 15.2 Å². The third kappa shape index (κ3) is 5.94. The number of likely N-dealkylation sites (N-methyl/N-ethyl adjacent to an activating group) is 1. The molecule has 1 heterocycles. The lowest BCUT2D eigenvalue weighted by Gasteiger charge is -2.17. The fraction of sp³-hybridized carbons (Fsp3) is 0.385. The molecule has 0 aliphatic carbocycles. The quantitative estimate of drug-likeness (QED) is 0.796. The second-order valence-electron chi connectivity index (χ2n) is 4.27. The Kier molecular flexibility index (Phi) is 6.15. The summed E-state index contributed by atoms with van der Waals surface area (Å²) < 4.78 is 0. The maximum Gasteiger partial charge on any atom is 0.323 e. The zero-order chi connectivity index (χ0) is 15.0. The highest BCUT2D eigenvalue weighted by Crippen LogP contribution is 1.99. The number of pyridine rings is 1. The molecule has 0 saturated heterocycles. The van der Waals surface area contributed by atoms with Gasteiger partial charge in [0.1, 0.15) is 0 Å². The van der Waals surface area contributed by atoms with E-state index in [9.17, 15) is 14.4 Å². The Balaban J connectivity index is 2.32. The number of carboxylic acids is 1. The van der Waals surface area contributed by atoms with Gasteiger partial charge < -0.3 is 10.0 Å². The van der Waals surface area contributed by atoms with Crippen LogP contribution in [0.5, 0.6) is 0 Å². The van der Waals surface area contributed by atoms with Gasteiger partial charge in [-0.3, -0.25) is 19.9 Å². The molecular weight excluding hydrogens is 262 g/mol. The fourth-order valence-corrected chi connectivity index (χ4v) is 1.45. The smallest absolute Gasteiger partial charge is 0.323 e. The topological polar surface area (TPSA) is 99.6 Å². The Morgan fingerprint density at radius 3 is 2.50 bits per heavy atom. The number of carboxylic acid groups (broad SMARTS) is 1. The molecule has 7 nitrogen and oxygen atoms in total. The van der Waals surface area contributed by atoms with Crippen molar-refractivity contribution in [3.05, 3.63) is 30.1 Å². The molecule has 108 valence electrons. The molecule has 0 radical (unpaired) electrons. The largest absolute Gasteiger partial charge is 0.481 e. The average Bonchev–Trinajstić information content (AvgIpc) is 2.43. The molecule has 0 aliphatic heterocycles. The molecule has 2 N–H and O–H groups in total. The van der Waals surface area contributed by atoms with Crippen LogP contribution in [0.2, 0.25) is 0 Å². The van der Waals surface area contributed by atoms with Crippen LogP contribution in [0.15, 0.2) is 24.5 Å². The minimum absolute atomic E-state index is 0.209. The molecule has 0 fully saturated rings. The first-order valence-electron chi connectivity index (χ1n) is 6.14. The lowest BCUT2D eigenvalue weighted by atomic mass is 10.2. The molecule has 1 aromatic heterocycles. The Morgan fingerprint density at radius 1 is 1.25 bits per heavy atom. The summed E-state index contributed by atoms with van der Waals surface area (Å²) in [5, 5.41) is 10.6. The highest BCUT2D eigenvalue weighted by molar-refractivity contribution is 5.95. The summed E-state index contributed by atoms with van der Waals surface area (Å²) in [4.78, 5) is 38.5. The van der Waals surface area contributed by atoms with Gasteiger partial charge in [-0.2, -0.15) is 0 Å². The van der Waals surface area contributed by atoms with E-state index in [1.807, 2.05) is 12.1 Å². The first kappa shape index (κ1) is 15.6. The van der Waals surface area contributed by atoms with Crippen molar-refractivity contribution < 1.29 is 19.5 Å². The molecule has 0 saturated carbocycles. The van der Waals surface area contributed by atoms with Crippen LogP contribution in [0.25, 0.3) is 0 Å². The van der Waals surface area contributed by atoms with Crippen molar-refractivity contribution in [3.8, 4) is 0 Å². The monoisotopic (exact) mass is 279 g/mol. The standard InChI is InChI=1S/C13H17N3O4/c1-16(9-6-10-4-7-14-8-5-10)13(20)15-11(17)2-3-12(18)19/h4-5,7-8H,2-3,6,9H2,1H3,(H,18,19)(H,15,17,20). The third-order valence-electron chi connectivity index (χ3n) is 2.64. The van der Waals surface area contributed by atoms with Gasteiger partial charge in [-0.25, -0.2) is 4.79 Å². The number of hydrogen-bond donors (Lipinski definition) is 2. The van der Waals surface area contributed by atoms with Crippen LogP contribution in [-0.4, -0.2) is 46.5 Å². The second kappa shape index (κ2) is 7.88. The molecule has 0 aromatic carbocycles. The van der Waals surface area contributed by atoms with Crippen LogP contribution in [0, 0.1) is 0 Å². The van der Waals surface area contributed by atoms with Crippen LogP contribution in [0.4, 0.5) is 4.79 Å². The van der Waals surface area contributed by atoms with E-state index in [1.54, 1.807) is 19.4 Å². The highest BCUT2D eigenvalue weighted by atomic mass is 16.4. The minimum Gasteiger partial charge on any atom is -0.481 e. The van der Waals surface area contributed by atoms with Gasteiger partial charge in [0.2, 0.25) is 5.91 Å². The number of nitrogens with zero attached hydrogens (tertiary/aromatic N) is 2. The first-order valence-corrected chi connectivity index (χ1v) is 6.14. The van der Waals surface area contributed by atoms with Crippen molar-refractivity contribution in [1.29, 1.82) is 0 Å². The number of carbonyl (C=O) groups excluding carboxylic acids is 2. The van der Waals surface area contributed by atoms with Crippen molar-refractivity contribution in [3.63, 3.8) is 0 Å². The number of hydrogen-bond acceptors (Lipinski definition) is 4. The van der Waals surface area contributed by atoms with Gasteiger partial charge in [0.25, 0.3) is 0 Å². The molecule has 0 unspecified atom stereocenters. The van der Waals surface area contributed by atoms with Gasteiger partial charge in [-0.1, -0.05) is 0 Å². The van der Waals surface area contributed by atoms with Crippen LogP contribution >= 0.6 is 0 Å². The molecule has 20 heavy (non-hydrogen) atoms. The van der Waals surface area contributed by atoms with Crippen molar-refractivity contribution >= 4 is 17.9 Å². The molecule has 0 bridgehead atoms. The number of aliphatic carboxylic acids is 1. The van der Waals surface area contributed by atoms with Gasteiger partial charge in [0.15, 0.2) is 0 Å². The predicted octanol–water partition coefficient (Wildman–Crippen LogP) is 0.657. The second-order valence-corrected chi connectivity index (χ2v) is 4.27. The average molecular weight is 279 g/mol.